The van der Waals surface area contributed by atoms with Crippen molar-refractivity contribution in [3.63, 3.8) is 0 Å². The van der Waals surface area contributed by atoms with E-state index in [-0.39, 0.29) is 23.6 Å². The van der Waals surface area contributed by atoms with Crippen LogP contribution in [-0.2, 0) is 13.1 Å². The van der Waals surface area contributed by atoms with E-state index >= 15 is 0 Å². The first-order valence-corrected chi connectivity index (χ1v) is 11.7. The van der Waals surface area contributed by atoms with Crippen LogP contribution in [0.3, 0.4) is 0 Å². The zero-order valence-corrected chi connectivity index (χ0v) is 19.6. The number of aromatic nitrogens is 2. The Morgan fingerprint density at radius 2 is 1.92 bits per heavy atom. The molecule has 1 N–H and O–H groups in total. The Hall–Kier alpha value is -4.06. The highest BCUT2D eigenvalue weighted by Gasteiger charge is 2.31. The molecule has 37 heavy (non-hydrogen) atoms. The number of imidazole rings is 1. The van der Waals surface area contributed by atoms with E-state index in [9.17, 15) is 23.3 Å². The van der Waals surface area contributed by atoms with Crippen LogP contribution in [0.15, 0.2) is 60.8 Å². The topological polar surface area (TPSA) is 94.7 Å². The summed E-state index contributed by atoms with van der Waals surface area (Å²) in [5, 5.41) is 14.3. The van der Waals surface area contributed by atoms with Crippen LogP contribution in [-0.4, -0.2) is 46.6 Å². The molecular weight excluding hydrogens is 491 g/mol. The van der Waals surface area contributed by atoms with Gasteiger partial charge in [-0.2, -0.15) is 0 Å². The molecule has 2 aliphatic heterocycles. The minimum atomic E-state index is -4.70. The van der Waals surface area contributed by atoms with Crippen LogP contribution in [0.2, 0.25) is 0 Å². The number of nitrogens with one attached hydrogen (secondary N) is 1. The Balaban J connectivity index is 1.12. The van der Waals surface area contributed by atoms with Gasteiger partial charge in [-0.05, 0) is 52.3 Å². The maximum absolute atomic E-state index is 12.4. The predicted molar refractivity (Wildman–Crippen MR) is 129 cm³/mol. The van der Waals surface area contributed by atoms with Gasteiger partial charge in [0, 0.05) is 36.9 Å². The SMILES string of the molecule is O=[N+]([O-])c1cn2c(n1)OC[C@@H](NCc1ccc(N3CC=C(c4ccc(OC(F)(F)F)cc4)CC3)cc1)C2. The molecule has 0 unspecified atom stereocenters. The van der Waals surface area contributed by atoms with Crippen LogP contribution in [0.25, 0.3) is 5.57 Å². The third-order valence-electron chi connectivity index (χ3n) is 6.31. The van der Waals surface area contributed by atoms with Crippen molar-refractivity contribution in [1.82, 2.24) is 14.9 Å². The van der Waals surface area contributed by atoms with Crippen molar-refractivity contribution >= 4 is 17.1 Å². The fourth-order valence-corrected chi connectivity index (χ4v) is 4.43. The van der Waals surface area contributed by atoms with Crippen LogP contribution in [0.5, 0.6) is 11.8 Å². The second kappa shape index (κ2) is 10.1. The zero-order chi connectivity index (χ0) is 26.0. The zero-order valence-electron chi connectivity index (χ0n) is 19.6. The summed E-state index contributed by atoms with van der Waals surface area (Å²) in [5.74, 6) is -0.449. The molecule has 1 aromatic heterocycles. The lowest BCUT2D eigenvalue weighted by Crippen LogP contribution is -2.41. The maximum Gasteiger partial charge on any atom is 0.573 e. The van der Waals surface area contributed by atoms with E-state index in [2.05, 4.69) is 50.3 Å². The second-order valence-corrected chi connectivity index (χ2v) is 8.84. The molecule has 2 aliphatic rings. The average molecular weight is 515 g/mol. The number of hydrogen-bond donors (Lipinski definition) is 1. The highest BCUT2D eigenvalue weighted by molar-refractivity contribution is 5.69. The normalized spacial score (nSPS) is 17.5. The number of benzene rings is 2. The van der Waals surface area contributed by atoms with Crippen LogP contribution >= 0.6 is 0 Å². The number of halogens is 3. The Morgan fingerprint density at radius 1 is 1.16 bits per heavy atom. The highest BCUT2D eigenvalue weighted by Crippen LogP contribution is 2.29. The lowest BCUT2D eigenvalue weighted by Gasteiger charge is -2.29. The van der Waals surface area contributed by atoms with Crippen LogP contribution in [0.1, 0.15) is 17.5 Å². The number of fused-ring (bicyclic) bond motifs is 1. The lowest BCUT2D eigenvalue weighted by atomic mass is 9.99. The Kier molecular flexibility index (Phi) is 6.74. The Bertz CT molecular complexity index is 1290. The molecule has 3 aromatic rings. The molecule has 0 saturated heterocycles. The van der Waals surface area contributed by atoms with Gasteiger partial charge in [-0.15, -0.1) is 13.2 Å². The van der Waals surface area contributed by atoms with Gasteiger partial charge in [0.1, 0.15) is 18.6 Å². The third-order valence-corrected chi connectivity index (χ3v) is 6.31. The quantitative estimate of drug-likeness (QED) is 0.365. The van der Waals surface area contributed by atoms with Crippen molar-refractivity contribution in [2.24, 2.45) is 0 Å². The molecule has 194 valence electrons. The minimum Gasteiger partial charge on any atom is -0.444 e. The second-order valence-electron chi connectivity index (χ2n) is 8.84. The van der Waals surface area contributed by atoms with Crippen molar-refractivity contribution in [1.29, 1.82) is 0 Å². The van der Waals surface area contributed by atoms with Crippen molar-refractivity contribution in [3.8, 4) is 11.8 Å². The molecule has 0 radical (unpaired) electrons. The smallest absolute Gasteiger partial charge is 0.444 e. The molecule has 1 atom stereocenters. The molecule has 0 aliphatic carbocycles. The Morgan fingerprint density at radius 3 is 2.57 bits per heavy atom. The molecule has 3 heterocycles. The number of ether oxygens (including phenoxy) is 2. The molecule has 2 aromatic carbocycles. The van der Waals surface area contributed by atoms with E-state index in [1.807, 2.05) is 0 Å². The summed E-state index contributed by atoms with van der Waals surface area (Å²) in [6.45, 7) is 3.04. The summed E-state index contributed by atoms with van der Waals surface area (Å²) < 4.78 is 48.2. The number of nitrogens with zero attached hydrogens (tertiary/aromatic N) is 4. The summed E-state index contributed by atoms with van der Waals surface area (Å²) in [7, 11) is 0. The number of hydrogen-bond acceptors (Lipinski definition) is 7. The standard InChI is InChI=1S/C25H24F3N5O4/c26-25(27,28)37-22-7-3-18(4-8-22)19-9-11-31(12-10-19)21-5-1-17(2-6-21)13-29-20-14-32-15-23(33(34)35)30-24(32)36-16-20/h1-9,15,20,29H,10-14,16H2/t20-/m0/s1. The fraction of sp³-hybridized carbons (Fsp3) is 0.320. The molecule has 0 fully saturated rings. The van der Waals surface area contributed by atoms with Crippen molar-refractivity contribution in [2.75, 3.05) is 24.6 Å². The van der Waals surface area contributed by atoms with E-state index < -0.39 is 11.3 Å². The van der Waals surface area contributed by atoms with E-state index in [1.165, 1.54) is 18.3 Å². The van der Waals surface area contributed by atoms with Gasteiger partial charge in [0.05, 0.1) is 6.04 Å². The van der Waals surface area contributed by atoms with E-state index in [1.54, 1.807) is 16.7 Å². The molecule has 12 heteroatoms. The maximum atomic E-state index is 12.4. The summed E-state index contributed by atoms with van der Waals surface area (Å²) in [4.78, 5) is 16.5. The lowest BCUT2D eigenvalue weighted by molar-refractivity contribution is -0.389. The highest BCUT2D eigenvalue weighted by atomic mass is 19.4. The average Bonchev–Trinajstić information content (AvgIpc) is 3.32. The van der Waals surface area contributed by atoms with Gasteiger partial charge < -0.3 is 29.8 Å². The van der Waals surface area contributed by atoms with Crippen LogP contribution in [0, 0.1) is 10.1 Å². The van der Waals surface area contributed by atoms with Crippen molar-refractivity contribution in [3.05, 3.63) is 82.0 Å². The first-order chi connectivity index (χ1) is 17.7. The summed E-state index contributed by atoms with van der Waals surface area (Å²) in [5.41, 5.74) is 4.17. The molecule has 9 nitrogen and oxygen atoms in total. The minimum absolute atomic E-state index is 0.000670. The summed E-state index contributed by atoms with van der Waals surface area (Å²) in [6, 6.07) is 14.5. The first-order valence-electron chi connectivity index (χ1n) is 11.7. The summed E-state index contributed by atoms with van der Waals surface area (Å²) in [6.07, 6.45) is -0.443. The predicted octanol–water partition coefficient (Wildman–Crippen LogP) is 4.53. The largest absolute Gasteiger partial charge is 0.573 e. The first kappa shape index (κ1) is 24.6. The van der Waals surface area contributed by atoms with E-state index in [4.69, 9.17) is 4.74 Å². The van der Waals surface area contributed by atoms with Crippen LogP contribution < -0.4 is 19.7 Å². The summed E-state index contributed by atoms with van der Waals surface area (Å²) >= 11 is 0. The van der Waals surface area contributed by atoms with Crippen molar-refractivity contribution in [2.45, 2.75) is 31.9 Å². The monoisotopic (exact) mass is 515 g/mol. The molecule has 0 spiro atoms. The van der Waals surface area contributed by atoms with E-state index in [0.717, 1.165) is 35.4 Å². The fourth-order valence-electron chi connectivity index (χ4n) is 4.43. The molecule has 0 amide bonds. The molecular formula is C25H24F3N5O4. The van der Waals surface area contributed by atoms with Crippen molar-refractivity contribution < 1.29 is 27.6 Å². The van der Waals surface area contributed by atoms with Gasteiger partial charge >= 0.3 is 18.2 Å². The number of rotatable bonds is 7. The molecule has 0 bridgehead atoms. The molecule has 0 saturated carbocycles. The van der Waals surface area contributed by atoms with E-state index in [0.29, 0.717) is 26.2 Å². The number of anilines is 1. The van der Waals surface area contributed by atoms with Gasteiger partial charge in [0.2, 0.25) is 0 Å². The van der Waals surface area contributed by atoms with Gasteiger partial charge in [-0.1, -0.05) is 30.3 Å². The van der Waals surface area contributed by atoms with Crippen LogP contribution in [0.4, 0.5) is 24.7 Å². The van der Waals surface area contributed by atoms with Gasteiger partial charge in [0.15, 0.2) is 0 Å². The molecule has 5 rings (SSSR count). The van der Waals surface area contributed by atoms with Gasteiger partial charge in [-0.25, -0.2) is 0 Å². The third kappa shape index (κ3) is 6.02. The number of nitro groups is 1. The number of alkyl halides is 3. The Labute approximate surface area is 210 Å². The van der Waals surface area contributed by atoms with Gasteiger partial charge in [-0.3, -0.25) is 4.57 Å². The van der Waals surface area contributed by atoms with Gasteiger partial charge in [0.25, 0.3) is 0 Å².